The van der Waals surface area contributed by atoms with Crippen molar-refractivity contribution in [1.29, 1.82) is 0 Å². The number of rotatable bonds is 4. The van der Waals surface area contributed by atoms with Crippen molar-refractivity contribution in [2.24, 2.45) is 0 Å². The summed E-state index contributed by atoms with van der Waals surface area (Å²) in [5.41, 5.74) is 0.629. The number of thioether (sulfide) groups is 1. The minimum absolute atomic E-state index is 0.286. The second-order valence-electron chi connectivity index (χ2n) is 6.50. The number of nitrogens with one attached hydrogen (secondary N) is 1. The van der Waals surface area contributed by atoms with E-state index in [2.05, 4.69) is 5.32 Å². The summed E-state index contributed by atoms with van der Waals surface area (Å²) in [7, 11) is 0. The first-order valence-electron chi connectivity index (χ1n) is 8.72. The van der Waals surface area contributed by atoms with Crippen molar-refractivity contribution in [2.75, 3.05) is 16.8 Å². The van der Waals surface area contributed by atoms with Gasteiger partial charge in [0.2, 0.25) is 5.91 Å². The first-order chi connectivity index (χ1) is 13.9. The van der Waals surface area contributed by atoms with Crippen LogP contribution in [0.3, 0.4) is 0 Å². The number of benzene rings is 2. The quantitative estimate of drug-likeness (QED) is 0.797. The fourth-order valence-electron chi connectivity index (χ4n) is 3.29. The number of halogens is 2. The molecule has 1 saturated heterocycles. The van der Waals surface area contributed by atoms with Gasteiger partial charge in [-0.2, -0.15) is 0 Å². The number of imide groups is 1. The smallest absolute Gasteiger partial charge is 0.324 e. The lowest BCUT2D eigenvalue weighted by atomic mass is 10.1. The Morgan fingerprint density at radius 3 is 2.72 bits per heavy atom. The lowest BCUT2D eigenvalue weighted by Crippen LogP contribution is -2.63. The van der Waals surface area contributed by atoms with Crippen LogP contribution in [0.25, 0.3) is 0 Å². The largest absolute Gasteiger partial charge is 0.332 e. The molecule has 148 valence electrons. The predicted octanol–water partition coefficient (Wildman–Crippen LogP) is 3.88. The highest BCUT2D eigenvalue weighted by Crippen LogP contribution is 2.36. The maximum Gasteiger partial charge on any atom is 0.332 e. The van der Waals surface area contributed by atoms with Gasteiger partial charge in [-0.15, -0.1) is 11.8 Å². The number of hydrogen-bond acceptors (Lipinski definition) is 4. The van der Waals surface area contributed by atoms with Crippen LogP contribution in [0, 0.1) is 5.82 Å². The van der Waals surface area contributed by atoms with E-state index in [9.17, 15) is 18.8 Å². The van der Waals surface area contributed by atoms with E-state index in [1.54, 1.807) is 35.7 Å². The minimum atomic E-state index is -0.611. The predicted molar refractivity (Wildman–Crippen MR) is 110 cm³/mol. The number of amides is 4. The van der Waals surface area contributed by atoms with Crippen molar-refractivity contribution in [1.82, 2.24) is 4.90 Å². The van der Waals surface area contributed by atoms with Gasteiger partial charge in [-0.1, -0.05) is 29.8 Å². The van der Waals surface area contributed by atoms with Crippen LogP contribution < -0.4 is 10.2 Å². The molecule has 29 heavy (non-hydrogen) atoms. The van der Waals surface area contributed by atoms with E-state index in [1.807, 2.05) is 0 Å². The van der Waals surface area contributed by atoms with E-state index >= 15 is 0 Å². The van der Waals surface area contributed by atoms with Gasteiger partial charge in [0, 0.05) is 10.7 Å². The van der Waals surface area contributed by atoms with E-state index in [4.69, 9.17) is 11.6 Å². The first kappa shape index (κ1) is 19.5. The topological polar surface area (TPSA) is 69.7 Å². The van der Waals surface area contributed by atoms with Gasteiger partial charge in [0.25, 0.3) is 5.91 Å². The van der Waals surface area contributed by atoms with Crippen molar-refractivity contribution in [3.05, 3.63) is 70.9 Å². The summed E-state index contributed by atoms with van der Waals surface area (Å²) in [5.74, 6) is -1.34. The zero-order chi connectivity index (χ0) is 20.5. The van der Waals surface area contributed by atoms with Gasteiger partial charge in [0.1, 0.15) is 17.6 Å². The maximum absolute atomic E-state index is 13.3. The fourth-order valence-corrected chi connectivity index (χ4v) is 4.51. The number of hydrogen-bond donors (Lipinski definition) is 1. The lowest BCUT2D eigenvalue weighted by Gasteiger charge is -2.40. The molecule has 0 bridgehead atoms. The van der Waals surface area contributed by atoms with Gasteiger partial charge < -0.3 is 10.2 Å². The second-order valence-corrected chi connectivity index (χ2v) is 7.99. The van der Waals surface area contributed by atoms with E-state index in [0.717, 1.165) is 4.90 Å². The molecule has 2 aromatic rings. The minimum Gasteiger partial charge on any atom is -0.324 e. The van der Waals surface area contributed by atoms with Crippen molar-refractivity contribution >= 4 is 52.6 Å². The van der Waals surface area contributed by atoms with Gasteiger partial charge in [0.15, 0.2) is 0 Å². The Kier molecular flexibility index (Phi) is 5.29. The number of anilines is 2. The monoisotopic (exact) mass is 431 g/mol. The molecule has 1 N–H and O–H groups in total. The molecular weight excluding hydrogens is 417 g/mol. The van der Waals surface area contributed by atoms with Crippen LogP contribution in [0.4, 0.5) is 20.6 Å². The van der Waals surface area contributed by atoms with Gasteiger partial charge in [-0.3, -0.25) is 9.59 Å². The molecule has 6 nitrogen and oxygen atoms in total. The molecule has 0 saturated carbocycles. The van der Waals surface area contributed by atoms with Gasteiger partial charge in [-0.25, -0.2) is 14.1 Å². The summed E-state index contributed by atoms with van der Waals surface area (Å²) in [4.78, 5) is 41.0. The normalized spacial score (nSPS) is 20.8. The fraction of sp³-hybridized carbons (Fsp3) is 0.150. The third-order valence-corrected chi connectivity index (χ3v) is 5.88. The molecule has 0 aromatic heterocycles. The molecule has 0 aliphatic carbocycles. The molecule has 1 fully saturated rings. The van der Waals surface area contributed by atoms with Crippen LogP contribution in [-0.2, 0) is 9.59 Å². The molecule has 4 rings (SSSR count). The molecule has 2 unspecified atom stereocenters. The number of nitrogens with zero attached hydrogens (tertiary/aromatic N) is 2. The average molecular weight is 432 g/mol. The number of fused-ring (bicyclic) bond motifs is 1. The summed E-state index contributed by atoms with van der Waals surface area (Å²) in [6, 6.07) is 10.8. The molecule has 2 aliphatic rings. The average Bonchev–Trinajstić information content (AvgIpc) is 3.15. The zero-order valence-electron chi connectivity index (χ0n) is 14.9. The first-order valence-corrected chi connectivity index (χ1v) is 10.0. The Labute approximate surface area is 175 Å². The molecular formula is C20H15ClFN3O3S. The van der Waals surface area contributed by atoms with Crippen LogP contribution in [0.1, 0.15) is 0 Å². The van der Waals surface area contributed by atoms with Crippen LogP contribution in [-0.4, -0.2) is 40.6 Å². The van der Waals surface area contributed by atoms with Gasteiger partial charge >= 0.3 is 6.03 Å². The van der Waals surface area contributed by atoms with Crippen molar-refractivity contribution < 1.29 is 18.8 Å². The van der Waals surface area contributed by atoms with E-state index in [0.29, 0.717) is 10.7 Å². The number of urea groups is 1. The summed E-state index contributed by atoms with van der Waals surface area (Å²) in [6.07, 6.45) is 1.73. The Hall–Kier alpha value is -2.84. The number of carbonyl (C=O) groups excluding carboxylic acids is 3. The summed E-state index contributed by atoms with van der Waals surface area (Å²) in [6.45, 7) is -0.286. The molecule has 2 aliphatic heterocycles. The molecule has 4 amide bonds. The van der Waals surface area contributed by atoms with E-state index in [1.165, 1.54) is 40.9 Å². The second kappa shape index (κ2) is 7.88. The molecule has 9 heteroatoms. The molecule has 0 radical (unpaired) electrons. The standard InChI is InChI=1S/C20H15ClFN3O3S/c21-12-3-1-6-15(9-12)25-19(27)18-16(7-8-29-18)24(20(25)28)11-17(26)23-14-5-2-4-13(22)10-14/h1-10,16,18H,11H2,(H,23,26). The Bertz CT molecular complexity index is 1030. The summed E-state index contributed by atoms with van der Waals surface area (Å²) >= 11 is 7.32. The van der Waals surface area contributed by atoms with Crippen molar-refractivity contribution in [3.8, 4) is 0 Å². The molecule has 2 heterocycles. The third-order valence-electron chi connectivity index (χ3n) is 4.56. The third kappa shape index (κ3) is 3.86. The van der Waals surface area contributed by atoms with Crippen molar-refractivity contribution in [3.63, 3.8) is 0 Å². The van der Waals surface area contributed by atoms with E-state index < -0.39 is 29.0 Å². The summed E-state index contributed by atoms with van der Waals surface area (Å²) < 4.78 is 13.3. The highest BCUT2D eigenvalue weighted by molar-refractivity contribution is 8.03. The van der Waals surface area contributed by atoms with Crippen LogP contribution >= 0.6 is 23.4 Å². The Morgan fingerprint density at radius 2 is 1.97 bits per heavy atom. The molecule has 2 aromatic carbocycles. The molecule has 0 spiro atoms. The SMILES string of the molecule is O=C(CN1C(=O)N(c2cccc(Cl)c2)C(=O)C2SC=CC21)Nc1cccc(F)c1. The Morgan fingerprint density at radius 1 is 1.17 bits per heavy atom. The summed E-state index contributed by atoms with van der Waals surface area (Å²) in [5, 5.41) is 4.17. The number of carbonyl (C=O) groups is 3. The molecule has 2 atom stereocenters. The van der Waals surface area contributed by atoms with E-state index in [-0.39, 0.29) is 18.1 Å². The van der Waals surface area contributed by atoms with Crippen LogP contribution in [0.15, 0.2) is 60.0 Å². The Balaban J connectivity index is 1.59. The van der Waals surface area contributed by atoms with Crippen LogP contribution in [0.5, 0.6) is 0 Å². The lowest BCUT2D eigenvalue weighted by molar-refractivity contribution is -0.121. The van der Waals surface area contributed by atoms with Gasteiger partial charge in [-0.05, 0) is 41.8 Å². The van der Waals surface area contributed by atoms with Crippen LogP contribution in [0.2, 0.25) is 5.02 Å². The zero-order valence-corrected chi connectivity index (χ0v) is 16.5. The van der Waals surface area contributed by atoms with Gasteiger partial charge in [0.05, 0.1) is 11.7 Å². The van der Waals surface area contributed by atoms with Crippen molar-refractivity contribution in [2.45, 2.75) is 11.3 Å². The maximum atomic E-state index is 13.3. The highest BCUT2D eigenvalue weighted by Gasteiger charge is 2.48. The highest BCUT2D eigenvalue weighted by atomic mass is 35.5.